The van der Waals surface area contributed by atoms with Crippen molar-refractivity contribution in [3.8, 4) is 0 Å². The van der Waals surface area contributed by atoms with Gasteiger partial charge >= 0.3 is 0 Å². The molecule has 2 saturated heterocycles. The second-order valence-corrected chi connectivity index (χ2v) is 7.03. The molecule has 1 aromatic rings. The monoisotopic (exact) mass is 332 g/mol. The van der Waals surface area contributed by atoms with E-state index in [9.17, 15) is 9.59 Å². The van der Waals surface area contributed by atoms with Gasteiger partial charge in [-0.15, -0.1) is 0 Å². The molecule has 2 amide bonds. The van der Waals surface area contributed by atoms with Gasteiger partial charge in [-0.05, 0) is 44.6 Å². The molecule has 2 aliphatic heterocycles. The topological polar surface area (TPSA) is 58.4 Å². The number of amides is 2. The zero-order chi connectivity index (χ0) is 16.9. The Kier molecular flexibility index (Phi) is 5.53. The minimum atomic E-state index is 0.0797. The van der Waals surface area contributed by atoms with Gasteiger partial charge in [0, 0.05) is 44.9 Å². The molecule has 6 heteroatoms. The van der Waals surface area contributed by atoms with Crippen LogP contribution < -0.4 is 0 Å². The van der Waals surface area contributed by atoms with Crippen molar-refractivity contribution in [2.24, 2.45) is 0 Å². The van der Waals surface area contributed by atoms with Crippen LogP contribution in [0.1, 0.15) is 51.9 Å². The molecule has 3 heterocycles. The lowest BCUT2D eigenvalue weighted by atomic mass is 9.96. The zero-order valence-corrected chi connectivity index (χ0v) is 14.6. The van der Waals surface area contributed by atoms with Gasteiger partial charge in [0.1, 0.15) is 0 Å². The van der Waals surface area contributed by atoms with E-state index in [1.54, 1.807) is 13.1 Å². The van der Waals surface area contributed by atoms with Crippen LogP contribution in [0.4, 0.5) is 0 Å². The molecule has 2 fully saturated rings. The average Bonchev–Trinajstić information content (AvgIpc) is 3.08. The fourth-order valence-corrected chi connectivity index (χ4v) is 4.09. The second-order valence-electron chi connectivity index (χ2n) is 7.03. The first-order chi connectivity index (χ1) is 11.6. The van der Waals surface area contributed by atoms with E-state index in [1.807, 2.05) is 26.7 Å². The number of carbonyl (C=O) groups excluding carboxylic acids is 2. The van der Waals surface area contributed by atoms with E-state index in [4.69, 9.17) is 0 Å². The lowest BCUT2D eigenvalue weighted by Gasteiger charge is -2.39. The van der Waals surface area contributed by atoms with Crippen LogP contribution in [0.3, 0.4) is 0 Å². The van der Waals surface area contributed by atoms with Crippen molar-refractivity contribution in [3.63, 3.8) is 0 Å². The molecule has 0 aromatic carbocycles. The van der Waals surface area contributed by atoms with Crippen molar-refractivity contribution in [1.82, 2.24) is 19.6 Å². The minimum absolute atomic E-state index is 0.0797. The van der Waals surface area contributed by atoms with Gasteiger partial charge in [-0.25, -0.2) is 0 Å². The van der Waals surface area contributed by atoms with E-state index in [0.29, 0.717) is 6.42 Å². The third-order valence-electron chi connectivity index (χ3n) is 5.35. The summed E-state index contributed by atoms with van der Waals surface area (Å²) in [7, 11) is 0. The van der Waals surface area contributed by atoms with E-state index in [0.717, 1.165) is 51.7 Å². The highest BCUT2D eigenvalue weighted by Crippen LogP contribution is 2.24. The van der Waals surface area contributed by atoms with Gasteiger partial charge in [0.05, 0.1) is 12.6 Å². The van der Waals surface area contributed by atoms with Crippen LogP contribution in [0.2, 0.25) is 0 Å². The fourth-order valence-electron chi connectivity index (χ4n) is 4.09. The number of hydrogen-bond acceptors (Lipinski definition) is 3. The maximum absolute atomic E-state index is 12.9. The summed E-state index contributed by atoms with van der Waals surface area (Å²) in [6, 6.07) is 2.22. The quantitative estimate of drug-likeness (QED) is 0.848. The molecule has 2 aliphatic rings. The smallest absolute Gasteiger partial charge is 0.224 e. The first kappa shape index (κ1) is 17.0. The SMILES string of the molecule is CC(=O)N1CCCC[C@@H]1CC(=O)N1CCCC[C@H]1Cn1cccn1. The molecule has 2 atom stereocenters. The van der Waals surface area contributed by atoms with E-state index in [2.05, 4.69) is 5.10 Å². The van der Waals surface area contributed by atoms with Crippen molar-refractivity contribution in [2.45, 2.75) is 70.5 Å². The Labute approximate surface area is 143 Å². The molecule has 3 rings (SSSR count). The maximum Gasteiger partial charge on any atom is 0.224 e. The van der Waals surface area contributed by atoms with Crippen LogP contribution in [0.25, 0.3) is 0 Å². The molecule has 0 spiro atoms. The number of nitrogens with zero attached hydrogens (tertiary/aromatic N) is 4. The number of likely N-dealkylation sites (tertiary alicyclic amines) is 2. The van der Waals surface area contributed by atoms with Crippen molar-refractivity contribution in [3.05, 3.63) is 18.5 Å². The molecule has 0 bridgehead atoms. The summed E-state index contributed by atoms with van der Waals surface area (Å²) < 4.78 is 1.92. The zero-order valence-electron chi connectivity index (χ0n) is 14.6. The number of hydrogen-bond donors (Lipinski definition) is 0. The molecule has 0 unspecified atom stereocenters. The fraction of sp³-hybridized carbons (Fsp3) is 0.722. The van der Waals surface area contributed by atoms with Crippen LogP contribution in [-0.4, -0.2) is 56.6 Å². The third kappa shape index (κ3) is 3.97. The molecule has 24 heavy (non-hydrogen) atoms. The normalized spacial score (nSPS) is 24.9. The third-order valence-corrected chi connectivity index (χ3v) is 5.35. The Hall–Kier alpha value is -1.85. The molecule has 6 nitrogen and oxygen atoms in total. The van der Waals surface area contributed by atoms with Crippen molar-refractivity contribution >= 4 is 11.8 Å². The van der Waals surface area contributed by atoms with E-state index >= 15 is 0 Å². The van der Waals surface area contributed by atoms with Crippen molar-refractivity contribution < 1.29 is 9.59 Å². The number of aromatic nitrogens is 2. The molecule has 0 radical (unpaired) electrons. The highest BCUT2D eigenvalue weighted by Gasteiger charge is 2.32. The first-order valence-electron chi connectivity index (χ1n) is 9.19. The maximum atomic E-state index is 12.9. The van der Waals surface area contributed by atoms with E-state index in [-0.39, 0.29) is 23.9 Å². The molecule has 0 saturated carbocycles. The highest BCUT2D eigenvalue weighted by molar-refractivity contribution is 5.79. The van der Waals surface area contributed by atoms with Crippen LogP contribution in [-0.2, 0) is 16.1 Å². The van der Waals surface area contributed by atoms with Crippen LogP contribution in [0, 0.1) is 0 Å². The molecule has 0 aliphatic carbocycles. The summed E-state index contributed by atoms with van der Waals surface area (Å²) in [6.07, 6.45) is 10.6. The summed E-state index contributed by atoms with van der Waals surface area (Å²) in [5, 5.41) is 4.28. The number of rotatable bonds is 4. The highest BCUT2D eigenvalue weighted by atomic mass is 16.2. The summed E-state index contributed by atoms with van der Waals surface area (Å²) in [4.78, 5) is 28.7. The number of piperidine rings is 2. The Bertz CT molecular complexity index is 557. The first-order valence-corrected chi connectivity index (χ1v) is 9.19. The summed E-state index contributed by atoms with van der Waals surface area (Å²) >= 11 is 0. The standard InChI is InChI=1S/C18H28N4O2/c1-15(23)21-11-4-2-7-16(21)13-18(24)22-12-5-3-8-17(22)14-20-10-6-9-19-20/h6,9-10,16-17H,2-5,7-8,11-14H2,1H3/t16-,17+/m1/s1. The van der Waals surface area contributed by atoms with E-state index in [1.165, 1.54) is 6.42 Å². The summed E-state index contributed by atoms with van der Waals surface area (Å²) in [5.41, 5.74) is 0. The number of carbonyl (C=O) groups is 2. The lowest BCUT2D eigenvalue weighted by molar-refractivity contribution is -0.139. The minimum Gasteiger partial charge on any atom is -0.339 e. The van der Waals surface area contributed by atoms with Gasteiger partial charge < -0.3 is 9.80 Å². The summed E-state index contributed by atoms with van der Waals surface area (Å²) in [6.45, 7) is 4.01. The molecule has 1 aromatic heterocycles. The van der Waals surface area contributed by atoms with Crippen LogP contribution in [0.5, 0.6) is 0 Å². The second kappa shape index (κ2) is 7.81. The van der Waals surface area contributed by atoms with Gasteiger partial charge in [-0.1, -0.05) is 0 Å². The van der Waals surface area contributed by atoms with Gasteiger partial charge in [-0.2, -0.15) is 5.10 Å². The van der Waals surface area contributed by atoms with Crippen LogP contribution >= 0.6 is 0 Å². The molecular weight excluding hydrogens is 304 g/mol. The van der Waals surface area contributed by atoms with Gasteiger partial charge in [0.2, 0.25) is 11.8 Å². The van der Waals surface area contributed by atoms with Gasteiger partial charge in [0.25, 0.3) is 0 Å². The largest absolute Gasteiger partial charge is 0.339 e. The Balaban J connectivity index is 1.64. The van der Waals surface area contributed by atoms with Crippen molar-refractivity contribution in [1.29, 1.82) is 0 Å². The van der Waals surface area contributed by atoms with Gasteiger partial charge in [-0.3, -0.25) is 14.3 Å². The lowest BCUT2D eigenvalue weighted by Crippen LogP contribution is -2.50. The average molecular weight is 332 g/mol. The Morgan fingerprint density at radius 2 is 1.75 bits per heavy atom. The Morgan fingerprint density at radius 3 is 2.42 bits per heavy atom. The predicted octanol–water partition coefficient (Wildman–Crippen LogP) is 2.06. The molecular formula is C18H28N4O2. The van der Waals surface area contributed by atoms with Crippen LogP contribution in [0.15, 0.2) is 18.5 Å². The van der Waals surface area contributed by atoms with E-state index < -0.39 is 0 Å². The summed E-state index contributed by atoms with van der Waals surface area (Å²) in [5.74, 6) is 0.296. The molecule has 132 valence electrons. The predicted molar refractivity (Wildman–Crippen MR) is 91.2 cm³/mol. The Morgan fingerprint density at radius 1 is 1.04 bits per heavy atom. The van der Waals surface area contributed by atoms with Crippen molar-refractivity contribution in [2.75, 3.05) is 13.1 Å². The van der Waals surface area contributed by atoms with Gasteiger partial charge in [0.15, 0.2) is 0 Å². The molecule has 0 N–H and O–H groups in total.